The summed E-state index contributed by atoms with van der Waals surface area (Å²) in [6, 6.07) is 2.35. The molecule has 0 heterocycles. The SMILES string of the molecule is Cc1cc(F)c(N)cc1S(=O)(=O)NCCC1CCCCC1. The van der Waals surface area contributed by atoms with Crippen molar-refractivity contribution in [2.45, 2.75) is 50.3 Å². The number of nitrogen functional groups attached to an aromatic ring is 1. The lowest BCUT2D eigenvalue weighted by Crippen LogP contribution is -2.27. The molecule has 1 aromatic rings. The second kappa shape index (κ2) is 6.75. The Hall–Kier alpha value is -1.14. The number of hydrogen-bond acceptors (Lipinski definition) is 3. The maximum atomic E-state index is 13.3. The molecule has 1 aliphatic rings. The molecule has 0 amide bonds. The Morgan fingerprint density at radius 3 is 2.62 bits per heavy atom. The number of nitrogens with two attached hydrogens (primary N) is 1. The van der Waals surface area contributed by atoms with Gasteiger partial charge in [-0.2, -0.15) is 0 Å². The van der Waals surface area contributed by atoms with Crippen LogP contribution in [0.2, 0.25) is 0 Å². The van der Waals surface area contributed by atoms with Crippen molar-refractivity contribution in [3.05, 3.63) is 23.5 Å². The van der Waals surface area contributed by atoms with Gasteiger partial charge in [0.1, 0.15) is 5.82 Å². The molecule has 0 bridgehead atoms. The number of anilines is 1. The van der Waals surface area contributed by atoms with E-state index in [9.17, 15) is 12.8 Å². The minimum atomic E-state index is -3.63. The number of sulfonamides is 1. The highest BCUT2D eigenvalue weighted by molar-refractivity contribution is 7.89. The van der Waals surface area contributed by atoms with Crippen LogP contribution in [-0.2, 0) is 10.0 Å². The van der Waals surface area contributed by atoms with Crippen molar-refractivity contribution in [3.63, 3.8) is 0 Å². The molecule has 2 rings (SSSR count). The van der Waals surface area contributed by atoms with Gasteiger partial charge in [-0.15, -0.1) is 0 Å². The molecule has 0 spiro atoms. The molecule has 0 saturated heterocycles. The molecule has 3 N–H and O–H groups in total. The molecule has 1 aliphatic carbocycles. The van der Waals surface area contributed by atoms with Crippen molar-refractivity contribution in [2.75, 3.05) is 12.3 Å². The van der Waals surface area contributed by atoms with Crippen LogP contribution in [0.3, 0.4) is 0 Å². The van der Waals surface area contributed by atoms with Gasteiger partial charge in [-0.25, -0.2) is 17.5 Å². The summed E-state index contributed by atoms with van der Waals surface area (Å²) in [5, 5.41) is 0. The summed E-state index contributed by atoms with van der Waals surface area (Å²) in [6.07, 6.45) is 7.00. The summed E-state index contributed by atoms with van der Waals surface area (Å²) in [6.45, 7) is 1.99. The van der Waals surface area contributed by atoms with Gasteiger partial charge in [-0.05, 0) is 37.0 Å². The van der Waals surface area contributed by atoms with E-state index >= 15 is 0 Å². The van der Waals surface area contributed by atoms with E-state index in [1.165, 1.54) is 38.2 Å². The van der Waals surface area contributed by atoms with Gasteiger partial charge in [-0.3, -0.25) is 0 Å². The van der Waals surface area contributed by atoms with E-state index < -0.39 is 15.8 Å². The molecule has 21 heavy (non-hydrogen) atoms. The van der Waals surface area contributed by atoms with Crippen LogP contribution < -0.4 is 10.5 Å². The van der Waals surface area contributed by atoms with Crippen molar-refractivity contribution < 1.29 is 12.8 Å². The number of aryl methyl sites for hydroxylation is 1. The quantitative estimate of drug-likeness (QED) is 0.821. The lowest BCUT2D eigenvalue weighted by molar-refractivity contribution is 0.339. The van der Waals surface area contributed by atoms with Crippen molar-refractivity contribution in [1.29, 1.82) is 0 Å². The molecule has 118 valence electrons. The molecule has 0 atom stereocenters. The monoisotopic (exact) mass is 314 g/mol. The van der Waals surface area contributed by atoms with Crippen LogP contribution in [0.4, 0.5) is 10.1 Å². The van der Waals surface area contributed by atoms with Crippen LogP contribution in [0.15, 0.2) is 17.0 Å². The highest BCUT2D eigenvalue weighted by Crippen LogP contribution is 2.26. The number of halogens is 1. The Morgan fingerprint density at radius 2 is 1.95 bits per heavy atom. The summed E-state index contributed by atoms with van der Waals surface area (Å²) in [5.74, 6) is 0.0227. The van der Waals surface area contributed by atoms with Gasteiger partial charge in [0.15, 0.2) is 0 Å². The van der Waals surface area contributed by atoms with Crippen LogP contribution >= 0.6 is 0 Å². The first-order valence-electron chi connectivity index (χ1n) is 7.45. The first kappa shape index (κ1) is 16.2. The van der Waals surface area contributed by atoms with Crippen molar-refractivity contribution in [1.82, 2.24) is 4.72 Å². The van der Waals surface area contributed by atoms with Gasteiger partial charge in [0.2, 0.25) is 10.0 Å². The predicted molar refractivity (Wildman–Crippen MR) is 81.9 cm³/mol. The van der Waals surface area contributed by atoms with E-state index in [0.717, 1.165) is 12.5 Å². The van der Waals surface area contributed by atoms with E-state index in [4.69, 9.17) is 5.73 Å². The predicted octanol–water partition coefficient (Wildman–Crippen LogP) is 2.97. The minimum absolute atomic E-state index is 0.0602. The van der Waals surface area contributed by atoms with E-state index in [0.29, 0.717) is 18.0 Å². The Morgan fingerprint density at radius 1 is 1.29 bits per heavy atom. The topological polar surface area (TPSA) is 72.2 Å². The molecule has 1 aromatic carbocycles. The second-order valence-corrected chi connectivity index (χ2v) is 7.57. The van der Waals surface area contributed by atoms with Gasteiger partial charge in [-0.1, -0.05) is 32.1 Å². The Labute approximate surface area is 126 Å². The third kappa shape index (κ3) is 4.17. The fourth-order valence-corrected chi connectivity index (χ4v) is 4.22. The average Bonchev–Trinajstić information content (AvgIpc) is 2.43. The summed E-state index contributed by atoms with van der Waals surface area (Å²) >= 11 is 0. The first-order chi connectivity index (χ1) is 9.90. The van der Waals surface area contributed by atoms with Gasteiger partial charge >= 0.3 is 0 Å². The average molecular weight is 314 g/mol. The fourth-order valence-electron chi connectivity index (χ4n) is 2.91. The van der Waals surface area contributed by atoms with Crippen LogP contribution in [0.25, 0.3) is 0 Å². The van der Waals surface area contributed by atoms with E-state index in [2.05, 4.69) is 4.72 Å². The van der Waals surface area contributed by atoms with E-state index in [1.807, 2.05) is 0 Å². The maximum Gasteiger partial charge on any atom is 0.240 e. The Kier molecular flexibility index (Phi) is 5.22. The lowest BCUT2D eigenvalue weighted by atomic mass is 9.87. The lowest BCUT2D eigenvalue weighted by Gasteiger charge is -2.21. The van der Waals surface area contributed by atoms with Crippen molar-refractivity contribution in [2.24, 2.45) is 5.92 Å². The molecular weight excluding hydrogens is 291 g/mol. The number of hydrogen-bond donors (Lipinski definition) is 2. The van der Waals surface area contributed by atoms with Crippen LogP contribution in [0.5, 0.6) is 0 Å². The van der Waals surface area contributed by atoms with Crippen LogP contribution in [0, 0.1) is 18.7 Å². The summed E-state index contributed by atoms with van der Waals surface area (Å²) < 4.78 is 40.4. The fraction of sp³-hybridized carbons (Fsp3) is 0.600. The van der Waals surface area contributed by atoms with Crippen LogP contribution in [0.1, 0.15) is 44.1 Å². The third-order valence-corrected chi connectivity index (χ3v) is 5.76. The summed E-state index contributed by atoms with van der Waals surface area (Å²) in [7, 11) is -3.63. The zero-order valence-corrected chi connectivity index (χ0v) is 13.2. The van der Waals surface area contributed by atoms with Gasteiger partial charge in [0.25, 0.3) is 0 Å². The van der Waals surface area contributed by atoms with E-state index in [-0.39, 0.29) is 10.6 Å². The number of rotatable bonds is 5. The minimum Gasteiger partial charge on any atom is -0.396 e. The number of nitrogens with one attached hydrogen (secondary N) is 1. The molecule has 4 nitrogen and oxygen atoms in total. The van der Waals surface area contributed by atoms with Crippen LogP contribution in [-0.4, -0.2) is 15.0 Å². The molecule has 0 radical (unpaired) electrons. The molecule has 0 aromatic heterocycles. The number of benzene rings is 1. The van der Waals surface area contributed by atoms with Gasteiger partial charge < -0.3 is 5.73 Å². The second-order valence-electron chi connectivity index (χ2n) is 5.83. The largest absolute Gasteiger partial charge is 0.396 e. The first-order valence-corrected chi connectivity index (χ1v) is 8.94. The zero-order chi connectivity index (χ0) is 15.5. The van der Waals surface area contributed by atoms with E-state index in [1.54, 1.807) is 6.92 Å². The maximum absolute atomic E-state index is 13.3. The molecule has 1 fully saturated rings. The highest BCUT2D eigenvalue weighted by atomic mass is 32.2. The molecule has 0 unspecified atom stereocenters. The Bertz CT molecular complexity index is 596. The molecule has 1 saturated carbocycles. The third-order valence-electron chi connectivity index (χ3n) is 4.15. The van der Waals surface area contributed by atoms with Crippen molar-refractivity contribution >= 4 is 15.7 Å². The van der Waals surface area contributed by atoms with Gasteiger partial charge in [0, 0.05) is 6.54 Å². The Balaban J connectivity index is 1.99. The normalized spacial score (nSPS) is 17.0. The molecular formula is C15H23FN2O2S. The smallest absolute Gasteiger partial charge is 0.240 e. The highest BCUT2D eigenvalue weighted by Gasteiger charge is 2.20. The zero-order valence-electron chi connectivity index (χ0n) is 12.4. The molecule has 6 heteroatoms. The summed E-state index contributed by atoms with van der Waals surface area (Å²) in [5.41, 5.74) is 5.69. The molecule has 0 aliphatic heterocycles. The summed E-state index contributed by atoms with van der Waals surface area (Å²) in [4.78, 5) is 0.0602. The standard InChI is InChI=1S/C15H23FN2O2S/c1-11-9-13(16)14(17)10-15(11)21(19,20)18-8-7-12-5-3-2-4-6-12/h9-10,12,18H,2-8,17H2,1H3. The van der Waals surface area contributed by atoms with Gasteiger partial charge in [0.05, 0.1) is 10.6 Å². The van der Waals surface area contributed by atoms with Crippen molar-refractivity contribution in [3.8, 4) is 0 Å².